The first-order chi connectivity index (χ1) is 7.86. The van der Waals surface area contributed by atoms with Gasteiger partial charge < -0.3 is 4.57 Å². The first kappa shape index (κ1) is 9.64. The number of nitrogens with zero attached hydrogens (tertiary/aromatic N) is 2. The van der Waals surface area contributed by atoms with Gasteiger partial charge in [0.25, 0.3) is 0 Å². The largest absolute Gasteiger partial charge is 0.331 e. The minimum atomic E-state index is 0.506. The molecule has 3 rings (SSSR count). The summed E-state index contributed by atoms with van der Waals surface area (Å²) in [5.41, 5.74) is 2.34. The van der Waals surface area contributed by atoms with Crippen LogP contribution < -0.4 is 0 Å². The Morgan fingerprint density at radius 3 is 2.94 bits per heavy atom. The average molecular weight is 212 g/mol. The minimum Gasteiger partial charge on any atom is -0.331 e. The summed E-state index contributed by atoms with van der Waals surface area (Å²) in [6.07, 6.45) is 8.33. The van der Waals surface area contributed by atoms with E-state index in [2.05, 4.69) is 48.0 Å². The van der Waals surface area contributed by atoms with Gasteiger partial charge in [0.1, 0.15) is 5.82 Å². The summed E-state index contributed by atoms with van der Waals surface area (Å²) in [6, 6.07) is 8.35. The molecule has 0 spiro atoms. The van der Waals surface area contributed by atoms with E-state index in [1.165, 1.54) is 30.6 Å². The van der Waals surface area contributed by atoms with E-state index < -0.39 is 0 Å². The molecule has 0 N–H and O–H groups in total. The maximum absolute atomic E-state index is 4.75. The van der Waals surface area contributed by atoms with Crippen LogP contribution in [0.4, 0.5) is 0 Å². The third kappa shape index (κ3) is 1.45. The van der Waals surface area contributed by atoms with Crippen LogP contribution >= 0.6 is 0 Å². The van der Waals surface area contributed by atoms with Crippen molar-refractivity contribution in [3.63, 3.8) is 0 Å². The Morgan fingerprint density at radius 2 is 2.19 bits per heavy atom. The van der Waals surface area contributed by atoms with E-state index in [9.17, 15) is 0 Å². The zero-order chi connectivity index (χ0) is 11.0. The van der Waals surface area contributed by atoms with Crippen LogP contribution in [0.2, 0.25) is 0 Å². The molecule has 16 heavy (non-hydrogen) atoms. The van der Waals surface area contributed by atoms with Crippen molar-refractivity contribution in [3.8, 4) is 0 Å². The molecular formula is C14H16N2. The first-order valence-corrected chi connectivity index (χ1v) is 5.94. The second kappa shape index (κ2) is 3.78. The highest BCUT2D eigenvalue weighted by Crippen LogP contribution is 2.28. The standard InChI is InChI=1S/C14H16N2/c1-16-13-10-6-5-9-12(13)15-14(16)11-7-3-2-4-8-11/h3,5-7,9-11H,2,4,8H2,1H3. The van der Waals surface area contributed by atoms with Crippen molar-refractivity contribution in [1.82, 2.24) is 9.55 Å². The van der Waals surface area contributed by atoms with Crippen LogP contribution in [0.15, 0.2) is 36.4 Å². The van der Waals surface area contributed by atoms with Crippen molar-refractivity contribution in [2.75, 3.05) is 0 Å². The van der Waals surface area contributed by atoms with Gasteiger partial charge in [-0.1, -0.05) is 24.3 Å². The first-order valence-electron chi connectivity index (χ1n) is 5.94. The van der Waals surface area contributed by atoms with Crippen molar-refractivity contribution in [2.24, 2.45) is 7.05 Å². The Morgan fingerprint density at radius 1 is 1.31 bits per heavy atom. The van der Waals surface area contributed by atoms with Crippen LogP contribution in [0.1, 0.15) is 31.0 Å². The van der Waals surface area contributed by atoms with Crippen LogP contribution in [0, 0.1) is 0 Å². The molecule has 0 saturated heterocycles. The van der Waals surface area contributed by atoms with Gasteiger partial charge in [0, 0.05) is 13.0 Å². The molecule has 0 fully saturated rings. The van der Waals surface area contributed by atoms with Crippen LogP contribution in [-0.4, -0.2) is 9.55 Å². The van der Waals surface area contributed by atoms with Gasteiger partial charge in [-0.05, 0) is 31.4 Å². The van der Waals surface area contributed by atoms with E-state index in [0.29, 0.717) is 5.92 Å². The smallest absolute Gasteiger partial charge is 0.116 e. The number of hydrogen-bond donors (Lipinski definition) is 0. The van der Waals surface area contributed by atoms with Crippen LogP contribution in [0.3, 0.4) is 0 Å². The molecule has 1 aromatic carbocycles. The minimum absolute atomic E-state index is 0.506. The Balaban J connectivity index is 2.13. The van der Waals surface area contributed by atoms with Crippen LogP contribution in [0.5, 0.6) is 0 Å². The fourth-order valence-electron chi connectivity index (χ4n) is 2.52. The molecule has 1 aliphatic carbocycles. The fourth-order valence-corrected chi connectivity index (χ4v) is 2.52. The van der Waals surface area contributed by atoms with Gasteiger partial charge in [0.15, 0.2) is 0 Å². The number of allylic oxidation sites excluding steroid dienone is 2. The second-order valence-electron chi connectivity index (χ2n) is 4.48. The summed E-state index contributed by atoms with van der Waals surface area (Å²) < 4.78 is 2.23. The highest BCUT2D eigenvalue weighted by Gasteiger charge is 2.17. The monoisotopic (exact) mass is 212 g/mol. The van der Waals surface area contributed by atoms with Crippen molar-refractivity contribution in [3.05, 3.63) is 42.2 Å². The number of benzene rings is 1. The molecule has 1 heterocycles. The third-order valence-corrected chi connectivity index (χ3v) is 3.41. The van der Waals surface area contributed by atoms with Gasteiger partial charge in [0.2, 0.25) is 0 Å². The van der Waals surface area contributed by atoms with Gasteiger partial charge in [-0.15, -0.1) is 0 Å². The van der Waals surface area contributed by atoms with E-state index in [1.807, 2.05) is 0 Å². The maximum atomic E-state index is 4.75. The Labute approximate surface area is 95.6 Å². The number of aryl methyl sites for hydroxylation is 1. The molecule has 0 bridgehead atoms. The maximum Gasteiger partial charge on any atom is 0.116 e. The lowest BCUT2D eigenvalue weighted by Gasteiger charge is -2.15. The van der Waals surface area contributed by atoms with Crippen molar-refractivity contribution in [1.29, 1.82) is 0 Å². The predicted octanol–water partition coefficient (Wildman–Crippen LogP) is 3.40. The summed E-state index contributed by atoms with van der Waals surface area (Å²) >= 11 is 0. The highest BCUT2D eigenvalue weighted by molar-refractivity contribution is 5.75. The number of imidazole rings is 1. The number of rotatable bonds is 1. The fraction of sp³-hybridized carbons (Fsp3) is 0.357. The SMILES string of the molecule is Cn1c(C2C=CCCC2)nc2ccccc21. The topological polar surface area (TPSA) is 17.8 Å². The Kier molecular flexibility index (Phi) is 2.28. The normalized spacial score (nSPS) is 20.4. The molecule has 2 nitrogen and oxygen atoms in total. The average Bonchev–Trinajstić information content (AvgIpc) is 2.69. The number of aromatic nitrogens is 2. The summed E-state index contributed by atoms with van der Waals surface area (Å²) in [4.78, 5) is 4.75. The highest BCUT2D eigenvalue weighted by atomic mass is 15.1. The molecule has 2 heteroatoms. The van der Waals surface area contributed by atoms with Gasteiger partial charge in [-0.25, -0.2) is 4.98 Å². The zero-order valence-corrected chi connectivity index (χ0v) is 9.56. The summed E-state index contributed by atoms with van der Waals surface area (Å²) in [5, 5.41) is 0. The molecule has 0 saturated carbocycles. The molecule has 1 unspecified atom stereocenters. The number of hydrogen-bond acceptors (Lipinski definition) is 1. The third-order valence-electron chi connectivity index (χ3n) is 3.41. The van der Waals surface area contributed by atoms with E-state index in [4.69, 9.17) is 4.98 Å². The lowest BCUT2D eigenvalue weighted by Crippen LogP contribution is -2.06. The summed E-state index contributed by atoms with van der Waals surface area (Å²) in [5.74, 6) is 1.71. The predicted molar refractivity (Wildman–Crippen MR) is 66.4 cm³/mol. The lowest BCUT2D eigenvalue weighted by atomic mass is 9.95. The molecule has 0 amide bonds. The molecule has 0 aliphatic heterocycles. The Bertz CT molecular complexity index is 537. The van der Waals surface area contributed by atoms with Gasteiger partial charge in [0.05, 0.1) is 11.0 Å². The van der Waals surface area contributed by atoms with Crippen molar-refractivity contribution >= 4 is 11.0 Å². The number of fused-ring (bicyclic) bond motifs is 1. The molecular weight excluding hydrogens is 196 g/mol. The van der Waals surface area contributed by atoms with E-state index in [1.54, 1.807) is 0 Å². The van der Waals surface area contributed by atoms with E-state index in [0.717, 1.165) is 5.52 Å². The van der Waals surface area contributed by atoms with Crippen LogP contribution in [0.25, 0.3) is 11.0 Å². The molecule has 82 valence electrons. The molecule has 1 aliphatic rings. The summed E-state index contributed by atoms with van der Waals surface area (Å²) in [7, 11) is 2.12. The van der Waals surface area contributed by atoms with Gasteiger partial charge in [-0.3, -0.25) is 0 Å². The molecule has 1 atom stereocenters. The Hall–Kier alpha value is -1.57. The van der Waals surface area contributed by atoms with E-state index in [-0.39, 0.29) is 0 Å². The summed E-state index contributed by atoms with van der Waals surface area (Å²) in [6.45, 7) is 0. The molecule has 2 aromatic rings. The quantitative estimate of drug-likeness (QED) is 0.662. The van der Waals surface area contributed by atoms with Gasteiger partial charge >= 0.3 is 0 Å². The van der Waals surface area contributed by atoms with Gasteiger partial charge in [-0.2, -0.15) is 0 Å². The molecule has 0 radical (unpaired) electrons. The number of para-hydroxylation sites is 2. The van der Waals surface area contributed by atoms with E-state index >= 15 is 0 Å². The van der Waals surface area contributed by atoms with Crippen molar-refractivity contribution < 1.29 is 0 Å². The molecule has 1 aromatic heterocycles. The van der Waals surface area contributed by atoms with Crippen LogP contribution in [-0.2, 0) is 7.05 Å². The lowest BCUT2D eigenvalue weighted by molar-refractivity contribution is 0.609. The van der Waals surface area contributed by atoms with Crippen molar-refractivity contribution in [2.45, 2.75) is 25.2 Å². The zero-order valence-electron chi connectivity index (χ0n) is 9.56. The second-order valence-corrected chi connectivity index (χ2v) is 4.48.